The Hall–Kier alpha value is -2.18. The molecule has 0 amide bonds. The van der Waals surface area contributed by atoms with Crippen molar-refractivity contribution in [2.75, 3.05) is 31.7 Å². The van der Waals surface area contributed by atoms with Crippen molar-refractivity contribution < 1.29 is 19.1 Å². The van der Waals surface area contributed by atoms with Gasteiger partial charge >= 0.3 is 11.9 Å². The largest absolute Gasteiger partial charge is 0.466 e. The molecule has 1 aliphatic rings. The number of carbonyl (C=O) groups excluding carboxylic acids is 2. The molecule has 0 bridgehead atoms. The Labute approximate surface area is 123 Å². The van der Waals surface area contributed by atoms with Crippen molar-refractivity contribution in [2.45, 2.75) is 19.8 Å². The lowest BCUT2D eigenvalue weighted by atomic mass is 9.98. The fraction of sp³-hybridized carbons (Fsp3) is 0.571. The lowest BCUT2D eigenvalue weighted by Crippen LogP contribution is -2.40. The fourth-order valence-electron chi connectivity index (χ4n) is 2.35. The highest BCUT2D eigenvalue weighted by atomic mass is 16.5. The zero-order valence-electron chi connectivity index (χ0n) is 12.2. The van der Waals surface area contributed by atoms with Gasteiger partial charge in [0.25, 0.3) is 0 Å². The Morgan fingerprint density at radius 3 is 2.81 bits per heavy atom. The van der Waals surface area contributed by atoms with Crippen LogP contribution in [0.2, 0.25) is 0 Å². The molecule has 7 nitrogen and oxygen atoms in total. The number of piperidine rings is 1. The van der Waals surface area contributed by atoms with Crippen molar-refractivity contribution in [2.24, 2.45) is 5.92 Å². The zero-order chi connectivity index (χ0) is 15.2. The van der Waals surface area contributed by atoms with Crippen LogP contribution >= 0.6 is 0 Å². The van der Waals surface area contributed by atoms with Gasteiger partial charge < -0.3 is 14.4 Å². The van der Waals surface area contributed by atoms with Gasteiger partial charge in [0.2, 0.25) is 0 Å². The predicted molar refractivity (Wildman–Crippen MR) is 74.9 cm³/mol. The van der Waals surface area contributed by atoms with Crippen molar-refractivity contribution in [1.82, 2.24) is 10.2 Å². The molecule has 1 unspecified atom stereocenters. The summed E-state index contributed by atoms with van der Waals surface area (Å²) < 4.78 is 9.65. The smallest absolute Gasteiger partial charge is 0.358 e. The second kappa shape index (κ2) is 7.01. The van der Waals surface area contributed by atoms with Crippen LogP contribution < -0.4 is 4.90 Å². The van der Waals surface area contributed by atoms with E-state index >= 15 is 0 Å². The molecule has 1 fully saturated rings. The van der Waals surface area contributed by atoms with E-state index in [2.05, 4.69) is 14.9 Å². The third kappa shape index (κ3) is 3.68. The lowest BCUT2D eigenvalue weighted by molar-refractivity contribution is -0.148. The van der Waals surface area contributed by atoms with Crippen LogP contribution in [0, 0.1) is 5.92 Å². The number of methoxy groups -OCH3 is 1. The number of esters is 2. The molecule has 1 aliphatic heterocycles. The minimum Gasteiger partial charge on any atom is -0.466 e. The van der Waals surface area contributed by atoms with Crippen molar-refractivity contribution in [3.05, 3.63) is 17.8 Å². The van der Waals surface area contributed by atoms with Gasteiger partial charge in [-0.25, -0.2) is 4.79 Å². The predicted octanol–water partition coefficient (Wildman–Crippen LogP) is 1.04. The Kier molecular flexibility index (Phi) is 5.08. The normalized spacial score (nSPS) is 18.2. The molecule has 0 saturated carbocycles. The van der Waals surface area contributed by atoms with Gasteiger partial charge in [-0.3, -0.25) is 4.79 Å². The van der Waals surface area contributed by atoms with E-state index in [0.29, 0.717) is 19.0 Å². The molecular formula is C14H19N3O4. The molecule has 2 heterocycles. The number of nitrogens with zero attached hydrogens (tertiary/aromatic N) is 3. The summed E-state index contributed by atoms with van der Waals surface area (Å²) in [6.45, 7) is 3.56. The molecular weight excluding hydrogens is 274 g/mol. The van der Waals surface area contributed by atoms with Gasteiger partial charge in [0.05, 0.1) is 19.6 Å². The molecule has 1 aromatic heterocycles. The SMILES string of the molecule is CCOC(=O)C1CCCN(c2ccc(C(=O)OC)nn2)C1. The minimum atomic E-state index is -0.517. The lowest BCUT2D eigenvalue weighted by Gasteiger charge is -2.31. The highest BCUT2D eigenvalue weighted by molar-refractivity contribution is 5.87. The van der Waals surface area contributed by atoms with Crippen LogP contribution in [0.15, 0.2) is 12.1 Å². The summed E-state index contributed by atoms with van der Waals surface area (Å²) in [6, 6.07) is 3.29. The molecule has 7 heteroatoms. The van der Waals surface area contributed by atoms with Crippen LogP contribution in [0.1, 0.15) is 30.3 Å². The second-order valence-electron chi connectivity index (χ2n) is 4.81. The quantitative estimate of drug-likeness (QED) is 0.767. The average Bonchev–Trinajstić information content (AvgIpc) is 2.54. The second-order valence-corrected chi connectivity index (χ2v) is 4.81. The van der Waals surface area contributed by atoms with Crippen LogP contribution in [-0.4, -0.2) is 48.9 Å². The molecule has 114 valence electrons. The first-order chi connectivity index (χ1) is 10.2. The number of aromatic nitrogens is 2. The molecule has 0 N–H and O–H groups in total. The zero-order valence-corrected chi connectivity index (χ0v) is 12.2. The molecule has 1 atom stereocenters. The van der Waals surface area contributed by atoms with Crippen molar-refractivity contribution in [3.8, 4) is 0 Å². The van der Waals surface area contributed by atoms with E-state index in [1.165, 1.54) is 7.11 Å². The number of hydrogen-bond donors (Lipinski definition) is 0. The Morgan fingerprint density at radius 2 is 2.19 bits per heavy atom. The Morgan fingerprint density at radius 1 is 1.38 bits per heavy atom. The topological polar surface area (TPSA) is 81.6 Å². The molecule has 0 aromatic carbocycles. The van der Waals surface area contributed by atoms with Gasteiger partial charge in [0.1, 0.15) is 0 Å². The molecule has 1 aromatic rings. The number of hydrogen-bond acceptors (Lipinski definition) is 7. The summed E-state index contributed by atoms with van der Waals surface area (Å²) >= 11 is 0. The Balaban J connectivity index is 2.04. The molecule has 21 heavy (non-hydrogen) atoms. The summed E-state index contributed by atoms with van der Waals surface area (Å²) in [6.07, 6.45) is 1.72. The number of ether oxygens (including phenoxy) is 2. The van der Waals surface area contributed by atoms with E-state index in [9.17, 15) is 9.59 Å². The van der Waals surface area contributed by atoms with E-state index < -0.39 is 5.97 Å². The first-order valence-electron chi connectivity index (χ1n) is 6.99. The van der Waals surface area contributed by atoms with Gasteiger partial charge in [-0.15, -0.1) is 10.2 Å². The van der Waals surface area contributed by atoms with Gasteiger partial charge in [0, 0.05) is 13.1 Å². The van der Waals surface area contributed by atoms with Gasteiger partial charge in [-0.1, -0.05) is 0 Å². The van der Waals surface area contributed by atoms with Crippen LogP contribution in [0.3, 0.4) is 0 Å². The van der Waals surface area contributed by atoms with Crippen molar-refractivity contribution >= 4 is 17.8 Å². The molecule has 2 rings (SSSR count). The monoisotopic (exact) mass is 293 g/mol. The highest BCUT2D eigenvalue weighted by Crippen LogP contribution is 2.22. The maximum atomic E-state index is 11.8. The molecule has 1 saturated heterocycles. The van der Waals surface area contributed by atoms with Gasteiger partial charge in [-0.2, -0.15) is 0 Å². The van der Waals surface area contributed by atoms with E-state index in [-0.39, 0.29) is 17.6 Å². The first-order valence-corrected chi connectivity index (χ1v) is 6.99. The average molecular weight is 293 g/mol. The number of rotatable bonds is 4. The number of anilines is 1. The van der Waals surface area contributed by atoms with Crippen molar-refractivity contribution in [3.63, 3.8) is 0 Å². The minimum absolute atomic E-state index is 0.138. The summed E-state index contributed by atoms with van der Waals surface area (Å²) in [5.74, 6) is -0.170. The van der Waals surface area contributed by atoms with Crippen LogP contribution in [0.4, 0.5) is 5.82 Å². The van der Waals surface area contributed by atoms with E-state index in [0.717, 1.165) is 19.4 Å². The van der Waals surface area contributed by atoms with Crippen LogP contribution in [0.25, 0.3) is 0 Å². The number of carbonyl (C=O) groups is 2. The molecule has 0 spiro atoms. The highest BCUT2D eigenvalue weighted by Gasteiger charge is 2.27. The van der Waals surface area contributed by atoms with E-state index in [1.54, 1.807) is 19.1 Å². The summed E-state index contributed by atoms with van der Waals surface area (Å²) in [4.78, 5) is 25.1. The molecule has 0 radical (unpaired) electrons. The van der Waals surface area contributed by atoms with Crippen LogP contribution in [-0.2, 0) is 14.3 Å². The van der Waals surface area contributed by atoms with E-state index in [4.69, 9.17) is 4.74 Å². The standard InChI is InChI=1S/C14H19N3O4/c1-3-21-13(18)10-5-4-8-17(9-10)12-7-6-11(15-16-12)14(19)20-2/h6-7,10H,3-5,8-9H2,1-2H3. The van der Waals surface area contributed by atoms with E-state index in [1.807, 2.05) is 4.90 Å². The molecule has 0 aliphatic carbocycles. The fourth-order valence-corrected chi connectivity index (χ4v) is 2.35. The van der Waals surface area contributed by atoms with Gasteiger partial charge in [0.15, 0.2) is 11.5 Å². The summed E-state index contributed by atoms with van der Waals surface area (Å²) in [5, 5.41) is 7.88. The van der Waals surface area contributed by atoms with Crippen molar-refractivity contribution in [1.29, 1.82) is 0 Å². The third-order valence-corrected chi connectivity index (χ3v) is 3.41. The maximum Gasteiger partial charge on any atom is 0.358 e. The van der Waals surface area contributed by atoms with Crippen LogP contribution in [0.5, 0.6) is 0 Å². The summed E-state index contributed by atoms with van der Waals surface area (Å²) in [5.41, 5.74) is 0.167. The third-order valence-electron chi connectivity index (χ3n) is 3.41. The van der Waals surface area contributed by atoms with Gasteiger partial charge in [-0.05, 0) is 31.9 Å². The first kappa shape index (κ1) is 15.2. The summed E-state index contributed by atoms with van der Waals surface area (Å²) in [7, 11) is 1.30. The Bertz CT molecular complexity index is 503. The maximum absolute atomic E-state index is 11.8.